The fourth-order valence-corrected chi connectivity index (χ4v) is 6.15. The topological polar surface area (TPSA) is 108 Å². The lowest BCUT2D eigenvalue weighted by Crippen LogP contribution is -2.37. The smallest absolute Gasteiger partial charge is 0.462 e. The summed E-state index contributed by atoms with van der Waals surface area (Å²) in [5, 5.41) is 0. The minimum Gasteiger partial charge on any atom is -0.462 e. The summed E-state index contributed by atoms with van der Waals surface area (Å²) < 4.78 is 34.2. The van der Waals surface area contributed by atoms with Gasteiger partial charge < -0.3 is 18.9 Å². The van der Waals surface area contributed by atoms with Gasteiger partial charge >= 0.3 is 19.8 Å². The standard InChI is InChI=1S/C45H80NO8P/c1-6-8-10-12-14-16-18-20-22-24-25-27-29-31-33-35-37-44(47)51-41-43(42-53-55(49,50)52-40-39-46(3,4)5)54-45(48)38-36-34-32-30-28-26-23-21-19-17-15-13-11-9-7-2/h9,11,15-18,21-24,43H,6-8,10,12-14,19-20,25-42H2,1-5H3/p+1/b11-9-,17-15-,18-16-,23-21-,24-22-. The molecule has 0 saturated carbocycles. The van der Waals surface area contributed by atoms with Crippen LogP contribution in [0.2, 0.25) is 0 Å². The van der Waals surface area contributed by atoms with Gasteiger partial charge in [-0.25, -0.2) is 4.57 Å². The number of allylic oxidation sites excluding steroid dienone is 10. The SMILES string of the molecule is CC/C=C\C/C=C\C/C=C\CCCCCCCC(=O)OC(COC(=O)CCCCCCC/C=C\C/C=C\CCCCCC)COP(=O)(O)OCC[N+](C)(C)C. The highest BCUT2D eigenvalue weighted by atomic mass is 31.2. The van der Waals surface area contributed by atoms with Gasteiger partial charge in [0.1, 0.15) is 19.8 Å². The van der Waals surface area contributed by atoms with Gasteiger partial charge in [-0.2, -0.15) is 0 Å². The fraction of sp³-hybridized carbons (Fsp3) is 0.733. The summed E-state index contributed by atoms with van der Waals surface area (Å²) in [7, 11) is 1.45. The third-order valence-corrected chi connectivity index (χ3v) is 9.77. The number of phosphoric ester groups is 1. The first kappa shape index (κ1) is 52.7. The first-order valence-corrected chi connectivity index (χ1v) is 23.0. The maximum atomic E-state index is 12.7. The van der Waals surface area contributed by atoms with Crippen molar-refractivity contribution in [2.75, 3.05) is 47.5 Å². The molecule has 0 fully saturated rings. The highest BCUT2D eigenvalue weighted by Gasteiger charge is 2.27. The van der Waals surface area contributed by atoms with Crippen LogP contribution >= 0.6 is 7.82 Å². The Balaban J connectivity index is 4.44. The van der Waals surface area contributed by atoms with Crippen LogP contribution in [-0.4, -0.2) is 74.9 Å². The van der Waals surface area contributed by atoms with E-state index in [1.807, 2.05) is 21.1 Å². The number of phosphoric acid groups is 1. The van der Waals surface area contributed by atoms with Crippen LogP contribution in [0.4, 0.5) is 0 Å². The quantitative estimate of drug-likeness (QED) is 0.0216. The molecule has 0 aliphatic rings. The Bertz CT molecular complexity index is 1120. The van der Waals surface area contributed by atoms with Crippen molar-refractivity contribution in [2.45, 2.75) is 168 Å². The monoisotopic (exact) mass is 795 g/mol. The summed E-state index contributed by atoms with van der Waals surface area (Å²) in [6.45, 7) is 4.24. The van der Waals surface area contributed by atoms with E-state index in [4.69, 9.17) is 18.5 Å². The first-order chi connectivity index (χ1) is 26.5. The van der Waals surface area contributed by atoms with Gasteiger partial charge in [0, 0.05) is 12.8 Å². The number of likely N-dealkylation sites (N-methyl/N-ethyl adjacent to an activating group) is 1. The highest BCUT2D eigenvalue weighted by Crippen LogP contribution is 2.43. The van der Waals surface area contributed by atoms with Gasteiger partial charge in [0.25, 0.3) is 0 Å². The second-order valence-electron chi connectivity index (χ2n) is 15.3. The number of rotatable bonds is 38. The van der Waals surface area contributed by atoms with E-state index in [0.29, 0.717) is 17.4 Å². The van der Waals surface area contributed by atoms with Crippen molar-refractivity contribution in [3.63, 3.8) is 0 Å². The molecule has 0 rings (SSSR count). The summed E-state index contributed by atoms with van der Waals surface area (Å²) in [6, 6.07) is 0. The number of hydrogen-bond acceptors (Lipinski definition) is 7. The predicted molar refractivity (Wildman–Crippen MR) is 229 cm³/mol. The molecule has 0 aromatic rings. The maximum Gasteiger partial charge on any atom is 0.472 e. The molecule has 0 aromatic heterocycles. The van der Waals surface area contributed by atoms with Crippen LogP contribution in [0.1, 0.15) is 162 Å². The number of esters is 2. The molecule has 0 saturated heterocycles. The summed E-state index contributed by atoms with van der Waals surface area (Å²) >= 11 is 0. The van der Waals surface area contributed by atoms with E-state index in [0.717, 1.165) is 96.3 Å². The van der Waals surface area contributed by atoms with E-state index in [9.17, 15) is 19.0 Å². The van der Waals surface area contributed by atoms with Gasteiger partial charge in [-0.15, -0.1) is 0 Å². The molecule has 318 valence electrons. The molecular weight excluding hydrogens is 713 g/mol. The number of nitrogens with zero attached hydrogens (tertiary/aromatic N) is 1. The van der Waals surface area contributed by atoms with Crippen LogP contribution in [0.5, 0.6) is 0 Å². The van der Waals surface area contributed by atoms with Crippen LogP contribution in [0.3, 0.4) is 0 Å². The molecule has 0 aliphatic heterocycles. The van der Waals surface area contributed by atoms with Crippen molar-refractivity contribution in [1.82, 2.24) is 0 Å². The van der Waals surface area contributed by atoms with Crippen LogP contribution in [0, 0.1) is 0 Å². The Morgan fingerprint density at radius 2 is 1.04 bits per heavy atom. The van der Waals surface area contributed by atoms with E-state index in [1.54, 1.807) is 0 Å². The first-order valence-electron chi connectivity index (χ1n) is 21.5. The lowest BCUT2D eigenvalue weighted by atomic mass is 10.1. The lowest BCUT2D eigenvalue weighted by Gasteiger charge is -2.24. The molecule has 0 spiro atoms. The maximum absolute atomic E-state index is 12.7. The van der Waals surface area contributed by atoms with E-state index < -0.39 is 26.5 Å². The number of quaternary nitrogens is 1. The van der Waals surface area contributed by atoms with E-state index >= 15 is 0 Å². The van der Waals surface area contributed by atoms with Gasteiger partial charge in [0.15, 0.2) is 6.10 Å². The van der Waals surface area contributed by atoms with Crippen LogP contribution in [0.15, 0.2) is 60.8 Å². The predicted octanol–water partition coefficient (Wildman–Crippen LogP) is 12.1. The third kappa shape index (κ3) is 41.2. The molecule has 2 unspecified atom stereocenters. The van der Waals surface area contributed by atoms with Gasteiger partial charge in [-0.3, -0.25) is 18.6 Å². The number of unbranched alkanes of at least 4 members (excludes halogenated alkanes) is 14. The molecule has 0 aromatic carbocycles. The zero-order valence-corrected chi connectivity index (χ0v) is 36.5. The van der Waals surface area contributed by atoms with Crippen molar-refractivity contribution >= 4 is 19.8 Å². The van der Waals surface area contributed by atoms with Gasteiger partial charge in [-0.05, 0) is 77.0 Å². The average molecular weight is 795 g/mol. The fourth-order valence-electron chi connectivity index (χ4n) is 5.41. The normalized spacial score (nSPS) is 14.2. The Hall–Kier alpha value is -2.29. The van der Waals surface area contributed by atoms with Crippen molar-refractivity contribution in [3.05, 3.63) is 60.8 Å². The zero-order chi connectivity index (χ0) is 40.7. The Kier molecular flexibility index (Phi) is 35.7. The molecule has 1 N–H and O–H groups in total. The second-order valence-corrected chi connectivity index (χ2v) is 16.8. The Morgan fingerprint density at radius 1 is 0.582 bits per heavy atom. The number of ether oxygens (including phenoxy) is 2. The van der Waals surface area contributed by atoms with Crippen molar-refractivity contribution in [1.29, 1.82) is 0 Å². The van der Waals surface area contributed by atoms with Gasteiger partial charge in [0.2, 0.25) is 0 Å². The minimum atomic E-state index is -4.38. The Morgan fingerprint density at radius 3 is 1.55 bits per heavy atom. The van der Waals surface area contributed by atoms with E-state index in [1.165, 1.54) is 32.1 Å². The van der Waals surface area contributed by atoms with Crippen LogP contribution in [0.25, 0.3) is 0 Å². The summed E-state index contributed by atoms with van der Waals surface area (Å²) in [5.41, 5.74) is 0. The summed E-state index contributed by atoms with van der Waals surface area (Å²) in [6.07, 6.45) is 44.1. The second kappa shape index (κ2) is 37.3. The molecule has 0 bridgehead atoms. The molecule has 55 heavy (non-hydrogen) atoms. The number of carbonyl (C=O) groups is 2. The molecule has 0 aliphatic carbocycles. The number of hydrogen-bond donors (Lipinski definition) is 1. The lowest BCUT2D eigenvalue weighted by molar-refractivity contribution is -0.870. The van der Waals surface area contributed by atoms with Gasteiger partial charge in [0.05, 0.1) is 27.7 Å². The molecule has 9 nitrogen and oxygen atoms in total. The van der Waals surface area contributed by atoms with E-state index in [-0.39, 0.29) is 32.0 Å². The van der Waals surface area contributed by atoms with Crippen molar-refractivity contribution < 1.29 is 42.1 Å². The molecular formula is C45H81NO8P+. The highest BCUT2D eigenvalue weighted by molar-refractivity contribution is 7.47. The Labute approximate surface area is 336 Å². The van der Waals surface area contributed by atoms with E-state index in [2.05, 4.69) is 74.6 Å². The summed E-state index contributed by atoms with van der Waals surface area (Å²) in [4.78, 5) is 35.3. The molecule has 0 heterocycles. The molecule has 2 atom stereocenters. The zero-order valence-electron chi connectivity index (χ0n) is 35.6. The van der Waals surface area contributed by atoms with Crippen LogP contribution < -0.4 is 0 Å². The molecule has 10 heteroatoms. The minimum absolute atomic E-state index is 0.0230. The summed E-state index contributed by atoms with van der Waals surface area (Å²) in [5.74, 6) is -0.839. The largest absolute Gasteiger partial charge is 0.472 e. The van der Waals surface area contributed by atoms with Gasteiger partial charge in [-0.1, -0.05) is 132 Å². The number of carbonyl (C=O) groups excluding carboxylic acids is 2. The van der Waals surface area contributed by atoms with Crippen molar-refractivity contribution in [2.24, 2.45) is 0 Å². The molecule has 0 amide bonds. The average Bonchev–Trinajstić information content (AvgIpc) is 3.13. The third-order valence-electron chi connectivity index (χ3n) is 8.78. The van der Waals surface area contributed by atoms with Crippen LogP contribution in [-0.2, 0) is 32.7 Å². The molecule has 0 radical (unpaired) electrons. The van der Waals surface area contributed by atoms with Crippen molar-refractivity contribution in [3.8, 4) is 0 Å².